The first-order valence-electron chi connectivity index (χ1n) is 8.65. The van der Waals surface area contributed by atoms with E-state index in [9.17, 15) is 4.79 Å². The largest absolute Gasteiger partial charge is 0.497 e. The molecule has 0 spiro atoms. The van der Waals surface area contributed by atoms with Crippen molar-refractivity contribution in [2.75, 3.05) is 12.0 Å². The minimum Gasteiger partial charge on any atom is -0.497 e. The van der Waals surface area contributed by atoms with E-state index in [-0.39, 0.29) is 5.91 Å². The Hall–Kier alpha value is -3.66. The van der Waals surface area contributed by atoms with Gasteiger partial charge in [0.1, 0.15) is 17.3 Å². The van der Waals surface area contributed by atoms with Crippen molar-refractivity contribution in [3.05, 3.63) is 102 Å². The number of rotatable bonds is 4. The van der Waals surface area contributed by atoms with Crippen molar-refractivity contribution in [2.45, 2.75) is 0 Å². The van der Waals surface area contributed by atoms with Crippen LogP contribution in [0.5, 0.6) is 5.75 Å². The number of methoxy groups -OCH3 is 1. The lowest BCUT2D eigenvalue weighted by Crippen LogP contribution is -2.32. The van der Waals surface area contributed by atoms with E-state index in [1.165, 1.54) is 0 Å². The Bertz CT molecular complexity index is 1010. The third kappa shape index (κ3) is 3.37. The molecule has 0 saturated carbocycles. The number of anilines is 1. The molecule has 3 aromatic carbocycles. The minimum absolute atomic E-state index is 0.143. The molecule has 0 radical (unpaired) electrons. The summed E-state index contributed by atoms with van der Waals surface area (Å²) in [5, 5.41) is 0. The normalized spacial score (nSPS) is 15.1. The fourth-order valence-electron chi connectivity index (χ4n) is 2.97. The lowest BCUT2D eigenvalue weighted by molar-refractivity contribution is -0.113. The molecule has 4 nitrogen and oxygen atoms in total. The molecule has 0 unspecified atom stereocenters. The highest BCUT2D eigenvalue weighted by Gasteiger charge is 2.32. The summed E-state index contributed by atoms with van der Waals surface area (Å²) in [5.74, 6) is 1.26. The number of amides is 1. The number of hydrogen-bond donors (Lipinski definition) is 0. The van der Waals surface area contributed by atoms with Crippen LogP contribution in [0.4, 0.5) is 5.69 Å². The Morgan fingerprint density at radius 1 is 0.852 bits per heavy atom. The predicted molar refractivity (Wildman–Crippen MR) is 108 cm³/mol. The van der Waals surface area contributed by atoms with Crippen LogP contribution in [0.15, 0.2) is 95.6 Å². The summed E-state index contributed by atoms with van der Waals surface area (Å²) >= 11 is 0. The summed E-state index contributed by atoms with van der Waals surface area (Å²) in [4.78, 5) is 19.5. The monoisotopic (exact) mass is 354 g/mol. The summed E-state index contributed by atoms with van der Waals surface area (Å²) < 4.78 is 5.19. The molecule has 0 aromatic heterocycles. The van der Waals surface area contributed by atoms with Gasteiger partial charge in [0.05, 0.1) is 12.8 Å². The van der Waals surface area contributed by atoms with Gasteiger partial charge in [0, 0.05) is 5.56 Å². The topological polar surface area (TPSA) is 41.9 Å². The lowest BCUT2D eigenvalue weighted by Gasteiger charge is -2.18. The van der Waals surface area contributed by atoms with E-state index in [0.717, 1.165) is 22.6 Å². The van der Waals surface area contributed by atoms with Gasteiger partial charge in [-0.25, -0.2) is 4.99 Å². The number of amidine groups is 1. The Balaban J connectivity index is 1.78. The highest BCUT2D eigenvalue weighted by Crippen LogP contribution is 2.27. The molecule has 1 aliphatic heterocycles. The number of aliphatic imine (C=N–C) groups is 1. The maximum Gasteiger partial charge on any atom is 0.282 e. The van der Waals surface area contributed by atoms with Gasteiger partial charge in [0.15, 0.2) is 0 Å². The molecular weight excluding hydrogens is 336 g/mol. The molecule has 0 bridgehead atoms. The van der Waals surface area contributed by atoms with Crippen LogP contribution in [0, 0.1) is 0 Å². The van der Waals surface area contributed by atoms with E-state index in [2.05, 4.69) is 4.99 Å². The van der Waals surface area contributed by atoms with Crippen LogP contribution in [0.3, 0.4) is 0 Å². The molecular formula is C23H18N2O2. The van der Waals surface area contributed by atoms with Crippen LogP contribution in [0.2, 0.25) is 0 Å². The van der Waals surface area contributed by atoms with Crippen molar-refractivity contribution in [2.24, 2.45) is 4.99 Å². The molecule has 4 heteroatoms. The molecule has 27 heavy (non-hydrogen) atoms. The van der Waals surface area contributed by atoms with Crippen molar-refractivity contribution in [1.82, 2.24) is 0 Å². The number of nitrogens with zero attached hydrogens (tertiary/aromatic N) is 2. The average molecular weight is 354 g/mol. The number of para-hydroxylation sites is 1. The zero-order chi connectivity index (χ0) is 18.6. The van der Waals surface area contributed by atoms with E-state index >= 15 is 0 Å². The van der Waals surface area contributed by atoms with Gasteiger partial charge in [-0.15, -0.1) is 0 Å². The van der Waals surface area contributed by atoms with Crippen molar-refractivity contribution >= 4 is 23.5 Å². The fourth-order valence-corrected chi connectivity index (χ4v) is 2.97. The van der Waals surface area contributed by atoms with Crippen LogP contribution in [-0.4, -0.2) is 18.9 Å². The third-order valence-corrected chi connectivity index (χ3v) is 4.33. The van der Waals surface area contributed by atoms with Crippen LogP contribution in [-0.2, 0) is 4.79 Å². The van der Waals surface area contributed by atoms with Crippen molar-refractivity contribution in [3.63, 3.8) is 0 Å². The van der Waals surface area contributed by atoms with Gasteiger partial charge in [0.2, 0.25) is 0 Å². The number of carbonyl (C=O) groups is 1. The molecule has 1 heterocycles. The molecule has 0 fully saturated rings. The standard InChI is InChI=1S/C23H18N2O2/c1-27-20-14-12-17(13-15-20)16-21-23(26)25(19-10-6-3-7-11-19)22(24-21)18-8-4-2-5-9-18/h2-16H,1H3/b21-16+. The van der Waals surface area contributed by atoms with Gasteiger partial charge in [-0.2, -0.15) is 0 Å². The van der Waals surface area contributed by atoms with Crippen LogP contribution in [0.25, 0.3) is 6.08 Å². The second-order valence-electron chi connectivity index (χ2n) is 6.08. The van der Waals surface area contributed by atoms with Crippen LogP contribution < -0.4 is 9.64 Å². The number of carbonyl (C=O) groups excluding carboxylic acids is 1. The molecule has 0 aliphatic carbocycles. The zero-order valence-electron chi connectivity index (χ0n) is 14.9. The predicted octanol–water partition coefficient (Wildman–Crippen LogP) is 4.53. The molecule has 1 aliphatic rings. The minimum atomic E-state index is -0.143. The lowest BCUT2D eigenvalue weighted by atomic mass is 10.1. The van der Waals surface area contributed by atoms with Crippen molar-refractivity contribution in [3.8, 4) is 5.75 Å². The van der Waals surface area contributed by atoms with Crippen molar-refractivity contribution in [1.29, 1.82) is 0 Å². The van der Waals surface area contributed by atoms with E-state index < -0.39 is 0 Å². The maximum absolute atomic E-state index is 13.1. The van der Waals surface area contributed by atoms with E-state index in [4.69, 9.17) is 4.74 Å². The van der Waals surface area contributed by atoms with Gasteiger partial charge in [-0.3, -0.25) is 9.69 Å². The quantitative estimate of drug-likeness (QED) is 0.646. The van der Waals surface area contributed by atoms with Crippen molar-refractivity contribution < 1.29 is 9.53 Å². The Morgan fingerprint density at radius 2 is 1.48 bits per heavy atom. The summed E-state index contributed by atoms with van der Waals surface area (Å²) in [6.45, 7) is 0. The Labute approximate surface area is 158 Å². The van der Waals surface area contributed by atoms with Crippen LogP contribution >= 0.6 is 0 Å². The third-order valence-electron chi connectivity index (χ3n) is 4.33. The van der Waals surface area contributed by atoms with Crippen LogP contribution in [0.1, 0.15) is 11.1 Å². The first kappa shape index (κ1) is 16.8. The van der Waals surface area contributed by atoms with Gasteiger partial charge in [-0.05, 0) is 35.9 Å². The SMILES string of the molecule is COc1ccc(/C=C2/N=C(c3ccccc3)N(c3ccccc3)C2=O)cc1. The second-order valence-corrected chi connectivity index (χ2v) is 6.08. The molecule has 1 amide bonds. The molecule has 0 atom stereocenters. The number of benzene rings is 3. The molecule has 0 N–H and O–H groups in total. The molecule has 4 rings (SSSR count). The van der Waals surface area contributed by atoms with Gasteiger partial charge in [-0.1, -0.05) is 60.7 Å². The average Bonchev–Trinajstić information content (AvgIpc) is 3.06. The Morgan fingerprint density at radius 3 is 2.11 bits per heavy atom. The first-order valence-corrected chi connectivity index (χ1v) is 8.65. The first-order chi connectivity index (χ1) is 13.3. The summed E-state index contributed by atoms with van der Waals surface area (Å²) in [6.07, 6.45) is 1.80. The molecule has 0 saturated heterocycles. The summed E-state index contributed by atoms with van der Waals surface area (Å²) in [7, 11) is 1.63. The zero-order valence-corrected chi connectivity index (χ0v) is 14.9. The van der Waals surface area contributed by atoms with Gasteiger partial charge >= 0.3 is 0 Å². The highest BCUT2D eigenvalue weighted by atomic mass is 16.5. The number of ether oxygens (including phenoxy) is 1. The Kier molecular flexibility index (Phi) is 4.54. The van der Waals surface area contributed by atoms with Gasteiger partial charge in [0.25, 0.3) is 5.91 Å². The van der Waals surface area contributed by atoms with E-state index in [1.807, 2.05) is 84.9 Å². The summed E-state index contributed by atoms with van der Waals surface area (Å²) in [5.41, 5.74) is 2.99. The van der Waals surface area contributed by atoms with E-state index in [0.29, 0.717) is 11.5 Å². The van der Waals surface area contributed by atoms with E-state index in [1.54, 1.807) is 18.1 Å². The summed E-state index contributed by atoms with van der Waals surface area (Å²) in [6, 6.07) is 26.9. The highest BCUT2D eigenvalue weighted by molar-refractivity contribution is 6.33. The molecule has 3 aromatic rings. The van der Waals surface area contributed by atoms with Gasteiger partial charge < -0.3 is 4.74 Å². The second kappa shape index (κ2) is 7.30. The number of hydrogen-bond acceptors (Lipinski definition) is 3. The fraction of sp³-hybridized carbons (Fsp3) is 0.0435. The maximum atomic E-state index is 13.1. The molecule has 132 valence electrons. The smallest absolute Gasteiger partial charge is 0.282 e.